The Morgan fingerprint density at radius 1 is 1.03 bits per heavy atom. The number of sulfonamides is 1. The molecule has 9 rings (SSSR count). The van der Waals surface area contributed by atoms with Crippen LogP contribution in [0, 0.1) is 11.3 Å². The first-order valence-corrected chi connectivity index (χ1v) is 22.5. The van der Waals surface area contributed by atoms with Gasteiger partial charge in [0.1, 0.15) is 28.5 Å². The van der Waals surface area contributed by atoms with Crippen LogP contribution >= 0.6 is 0 Å². The number of rotatable bonds is 12. The molecule has 2 aliphatic heterocycles. The molecule has 6 N–H and O–H groups in total. The molecule has 13 nitrogen and oxygen atoms in total. The molecule has 4 aliphatic rings. The van der Waals surface area contributed by atoms with Crippen LogP contribution in [0.5, 0.6) is 11.5 Å². The molecule has 2 aliphatic carbocycles. The van der Waals surface area contributed by atoms with Gasteiger partial charge in [0.15, 0.2) is 0 Å². The fourth-order valence-electron chi connectivity index (χ4n) is 9.88. The van der Waals surface area contributed by atoms with Crippen LogP contribution in [0.25, 0.3) is 11.0 Å². The number of hydrogen-bond acceptors (Lipinski definition) is 11. The van der Waals surface area contributed by atoms with Gasteiger partial charge in [-0.15, -0.1) is 0 Å². The number of nitrogens with one attached hydrogen (secondary N) is 3. The number of aromatic amines is 1. The number of ether oxygens (including phenoxy) is 1. The average Bonchev–Trinajstić information content (AvgIpc) is 3.88. The van der Waals surface area contributed by atoms with Gasteiger partial charge in [-0.2, -0.15) is 0 Å². The number of aromatic nitrogens is 3. The first-order chi connectivity index (χ1) is 28.4. The third-order valence-corrected chi connectivity index (χ3v) is 14.6. The second kappa shape index (κ2) is 15.8. The van der Waals surface area contributed by atoms with E-state index in [9.17, 15) is 18.3 Å². The van der Waals surface area contributed by atoms with Crippen LogP contribution in [0.3, 0.4) is 0 Å². The van der Waals surface area contributed by atoms with Crippen LogP contribution in [0.15, 0.2) is 84.1 Å². The normalized spacial score (nSPS) is 22.0. The molecule has 5 heterocycles. The van der Waals surface area contributed by atoms with Crippen LogP contribution in [-0.4, -0.2) is 77.6 Å². The number of anilines is 3. The Balaban J connectivity index is 0.891. The zero-order chi connectivity index (χ0) is 40.9. The van der Waals surface area contributed by atoms with E-state index < -0.39 is 15.9 Å². The van der Waals surface area contributed by atoms with Crippen molar-refractivity contribution in [3.63, 3.8) is 0 Å². The standard InChI is InChI=1S/C45H54N8O5S/c1-28(2)35-6-3-4-7-36(35)40-8-5-15-53(40)31-23-45(24-31)12-16-52(17-13-45)42-22-41(58-33-20-30-11-14-47-43(30)50-26-33)37(27-49-42)44(55)51-59(56,57)34-9-10-39(38(46)21-34)48-25-29-18-32(54)19-29/h3-4,6-7,9-11,14,20-22,26-29,31-32,40,48,54H,5,8,12-13,15-19,23-25,46H2,1-2H3,(H,47,50)(H,51,55)/t29-,32+,40-/m0/s1. The van der Waals surface area contributed by atoms with Gasteiger partial charge in [0, 0.05) is 55.6 Å². The Labute approximate surface area is 345 Å². The lowest BCUT2D eigenvalue weighted by Crippen LogP contribution is -2.55. The summed E-state index contributed by atoms with van der Waals surface area (Å²) in [5.74, 6) is 1.19. The van der Waals surface area contributed by atoms with Crippen molar-refractivity contribution >= 4 is 44.2 Å². The maximum absolute atomic E-state index is 13.8. The summed E-state index contributed by atoms with van der Waals surface area (Å²) in [6.07, 6.45) is 12.9. The van der Waals surface area contributed by atoms with E-state index in [2.05, 4.69) is 67.9 Å². The molecule has 0 radical (unpaired) electrons. The first-order valence-electron chi connectivity index (χ1n) is 21.0. The van der Waals surface area contributed by atoms with Crippen LogP contribution in [0.4, 0.5) is 17.2 Å². The van der Waals surface area contributed by atoms with Gasteiger partial charge in [-0.1, -0.05) is 38.1 Å². The second-order valence-electron chi connectivity index (χ2n) is 17.5. The highest BCUT2D eigenvalue weighted by Crippen LogP contribution is 2.54. The molecule has 14 heteroatoms. The number of nitrogen functional groups attached to an aromatic ring is 1. The van der Waals surface area contributed by atoms with Gasteiger partial charge >= 0.3 is 0 Å². The van der Waals surface area contributed by atoms with E-state index in [-0.39, 0.29) is 28.0 Å². The number of amides is 1. The molecule has 1 spiro atoms. The number of pyridine rings is 2. The van der Waals surface area contributed by atoms with E-state index in [0.29, 0.717) is 58.8 Å². The lowest BCUT2D eigenvalue weighted by atomic mass is 9.60. The molecule has 2 saturated heterocycles. The predicted octanol–water partition coefficient (Wildman–Crippen LogP) is 7.34. The fraction of sp³-hybridized carbons (Fsp3) is 0.444. The number of nitrogens with zero attached hydrogens (tertiary/aromatic N) is 4. The highest BCUT2D eigenvalue weighted by atomic mass is 32.2. The summed E-state index contributed by atoms with van der Waals surface area (Å²) in [5.41, 5.74) is 11.0. The molecule has 5 aromatic rings. The highest BCUT2D eigenvalue weighted by Gasteiger charge is 2.50. The number of carbonyl (C=O) groups is 1. The largest absolute Gasteiger partial charge is 0.455 e. The topological polar surface area (TPSA) is 179 Å². The molecule has 2 aromatic carbocycles. The fourth-order valence-corrected chi connectivity index (χ4v) is 10.9. The molecule has 1 atom stereocenters. The van der Waals surface area contributed by atoms with Gasteiger partial charge in [0.2, 0.25) is 0 Å². The van der Waals surface area contributed by atoms with Gasteiger partial charge in [-0.25, -0.2) is 23.1 Å². The summed E-state index contributed by atoms with van der Waals surface area (Å²) >= 11 is 0. The molecule has 2 saturated carbocycles. The average molecular weight is 819 g/mol. The summed E-state index contributed by atoms with van der Waals surface area (Å²) in [7, 11) is -4.32. The van der Waals surface area contributed by atoms with E-state index >= 15 is 0 Å². The Morgan fingerprint density at radius 2 is 1.83 bits per heavy atom. The highest BCUT2D eigenvalue weighted by molar-refractivity contribution is 7.90. The molecular formula is C45H54N8O5S. The number of hydrogen-bond donors (Lipinski definition) is 5. The quantitative estimate of drug-likeness (QED) is 0.0796. The number of likely N-dealkylation sites (tertiary alicyclic amines) is 1. The Hall–Kier alpha value is -5.18. The Bertz CT molecular complexity index is 2450. The SMILES string of the molecule is CC(C)c1ccccc1[C@@H]1CCCN1C1CC2(CCN(c3cc(Oc4cnc5[nH]ccc5c4)c(C(=O)NS(=O)(=O)c4ccc(NC[C@H]5C[C@@H](O)C5)c(N)c4)cn3)CC2)C1. The van der Waals surface area contributed by atoms with Gasteiger partial charge in [-0.3, -0.25) is 9.69 Å². The predicted molar refractivity (Wildman–Crippen MR) is 229 cm³/mol. The zero-order valence-corrected chi connectivity index (χ0v) is 34.5. The number of carbonyl (C=O) groups excluding carboxylic acids is 1. The van der Waals surface area contributed by atoms with Crippen molar-refractivity contribution in [2.45, 2.75) is 94.2 Å². The zero-order valence-electron chi connectivity index (χ0n) is 33.7. The lowest BCUT2D eigenvalue weighted by molar-refractivity contribution is -0.0228. The number of fused-ring (bicyclic) bond motifs is 1. The van der Waals surface area contributed by atoms with E-state index in [4.69, 9.17) is 15.5 Å². The van der Waals surface area contributed by atoms with Crippen molar-refractivity contribution in [2.24, 2.45) is 11.3 Å². The van der Waals surface area contributed by atoms with Crippen molar-refractivity contribution in [1.82, 2.24) is 24.6 Å². The van der Waals surface area contributed by atoms with Crippen LogP contribution in [0.2, 0.25) is 0 Å². The summed E-state index contributed by atoms with van der Waals surface area (Å²) in [6, 6.07) is 19.8. The minimum atomic E-state index is -4.32. The van der Waals surface area contributed by atoms with Crippen molar-refractivity contribution in [3.05, 3.63) is 95.9 Å². The Kier molecular flexibility index (Phi) is 10.5. The molecule has 310 valence electrons. The van der Waals surface area contributed by atoms with Crippen molar-refractivity contribution in [3.8, 4) is 11.5 Å². The Morgan fingerprint density at radius 3 is 2.59 bits per heavy atom. The van der Waals surface area contributed by atoms with Gasteiger partial charge in [0.05, 0.1) is 28.6 Å². The van der Waals surface area contributed by atoms with Gasteiger partial charge in [0.25, 0.3) is 15.9 Å². The summed E-state index contributed by atoms with van der Waals surface area (Å²) in [4.78, 5) is 30.9. The third kappa shape index (κ3) is 7.97. The van der Waals surface area contributed by atoms with E-state index in [0.717, 1.165) is 50.7 Å². The van der Waals surface area contributed by atoms with Gasteiger partial charge < -0.3 is 30.8 Å². The number of benzene rings is 2. The number of piperidine rings is 1. The third-order valence-electron chi connectivity index (χ3n) is 13.3. The van der Waals surface area contributed by atoms with Crippen molar-refractivity contribution in [1.29, 1.82) is 0 Å². The molecular weight excluding hydrogens is 765 g/mol. The second-order valence-corrected chi connectivity index (χ2v) is 19.2. The molecule has 0 bridgehead atoms. The summed E-state index contributed by atoms with van der Waals surface area (Å²) in [6.45, 7) is 8.02. The molecule has 59 heavy (non-hydrogen) atoms. The minimum absolute atomic E-state index is 0.0324. The molecule has 4 fully saturated rings. The van der Waals surface area contributed by atoms with Crippen LogP contribution < -0.4 is 25.4 Å². The van der Waals surface area contributed by atoms with Gasteiger partial charge in [-0.05, 0) is 117 Å². The van der Waals surface area contributed by atoms with E-state index in [1.807, 2.05) is 12.1 Å². The van der Waals surface area contributed by atoms with Crippen molar-refractivity contribution in [2.75, 3.05) is 42.1 Å². The molecule has 1 amide bonds. The van der Waals surface area contributed by atoms with Crippen molar-refractivity contribution < 1.29 is 23.1 Å². The number of aliphatic hydroxyl groups excluding tert-OH is 1. The number of nitrogens with two attached hydrogens (primary N) is 1. The van der Waals surface area contributed by atoms with E-state index in [1.54, 1.807) is 24.5 Å². The molecule has 3 aromatic heterocycles. The molecule has 0 unspecified atom stereocenters. The maximum Gasteiger partial charge on any atom is 0.270 e. The number of H-pyrrole nitrogens is 1. The smallest absolute Gasteiger partial charge is 0.270 e. The maximum atomic E-state index is 13.8. The lowest BCUT2D eigenvalue weighted by Gasteiger charge is -2.56. The minimum Gasteiger partial charge on any atom is -0.455 e. The summed E-state index contributed by atoms with van der Waals surface area (Å²) in [5, 5.41) is 13.6. The number of aliphatic hydroxyl groups is 1. The monoisotopic (exact) mass is 818 g/mol. The summed E-state index contributed by atoms with van der Waals surface area (Å²) < 4.78 is 35.6. The van der Waals surface area contributed by atoms with Crippen LogP contribution in [-0.2, 0) is 10.0 Å². The van der Waals surface area contributed by atoms with E-state index in [1.165, 1.54) is 55.1 Å². The van der Waals surface area contributed by atoms with Crippen LogP contribution in [0.1, 0.15) is 98.7 Å². The first kappa shape index (κ1) is 39.3.